The molecule has 126 valence electrons. The number of hydrogen-bond donors (Lipinski definition) is 1. The number of carbonyl (C=O) groups is 2. The molecule has 0 spiro atoms. The van der Waals surface area contributed by atoms with Gasteiger partial charge in [0.15, 0.2) is 12.4 Å². The Morgan fingerprint density at radius 1 is 1.08 bits per heavy atom. The van der Waals surface area contributed by atoms with Gasteiger partial charge in [-0.15, -0.1) is 0 Å². The van der Waals surface area contributed by atoms with Crippen molar-refractivity contribution < 1.29 is 14.3 Å². The molecule has 24 heavy (non-hydrogen) atoms. The maximum atomic E-state index is 12.2. The van der Waals surface area contributed by atoms with Crippen molar-refractivity contribution in [2.45, 2.75) is 13.3 Å². The van der Waals surface area contributed by atoms with Crippen LogP contribution in [-0.4, -0.2) is 24.8 Å². The molecule has 6 heteroatoms. The summed E-state index contributed by atoms with van der Waals surface area (Å²) in [6.07, 6.45) is 0.711. The molecule has 0 heterocycles. The zero-order chi connectivity index (χ0) is 17.5. The van der Waals surface area contributed by atoms with Crippen LogP contribution in [-0.2, 0) is 11.2 Å². The number of ketones is 1. The molecular weight excluding hydrogens is 349 g/mol. The van der Waals surface area contributed by atoms with Crippen LogP contribution in [0.15, 0.2) is 42.5 Å². The molecule has 0 bridgehead atoms. The topological polar surface area (TPSA) is 55.4 Å². The predicted octanol–water partition coefficient (Wildman–Crippen LogP) is 3.93. The van der Waals surface area contributed by atoms with Gasteiger partial charge in [0.2, 0.25) is 5.91 Å². The molecule has 1 amide bonds. The molecule has 0 saturated carbocycles. The molecule has 2 aromatic carbocycles. The van der Waals surface area contributed by atoms with Crippen molar-refractivity contribution in [3.8, 4) is 5.75 Å². The molecule has 2 aromatic rings. The van der Waals surface area contributed by atoms with Crippen molar-refractivity contribution in [3.63, 3.8) is 0 Å². The van der Waals surface area contributed by atoms with E-state index in [0.717, 1.165) is 5.56 Å². The Balaban J connectivity index is 1.90. The van der Waals surface area contributed by atoms with Crippen molar-refractivity contribution >= 4 is 34.9 Å². The van der Waals surface area contributed by atoms with Crippen LogP contribution in [0.4, 0.5) is 0 Å². The van der Waals surface area contributed by atoms with Crippen molar-refractivity contribution in [2.24, 2.45) is 0 Å². The first kappa shape index (κ1) is 18.3. The van der Waals surface area contributed by atoms with Gasteiger partial charge in [0, 0.05) is 30.1 Å². The molecule has 0 radical (unpaired) electrons. The summed E-state index contributed by atoms with van der Waals surface area (Å²) in [5.41, 5.74) is 1.59. The number of Topliss-reactive ketones (excluding diaryl/α,β-unsaturated/α-hetero) is 1. The van der Waals surface area contributed by atoms with E-state index in [9.17, 15) is 9.59 Å². The van der Waals surface area contributed by atoms with Crippen LogP contribution in [0, 0.1) is 0 Å². The Hall–Kier alpha value is -2.04. The zero-order valence-corrected chi connectivity index (χ0v) is 14.7. The summed E-state index contributed by atoms with van der Waals surface area (Å²) >= 11 is 11.9. The van der Waals surface area contributed by atoms with E-state index in [1.54, 1.807) is 30.3 Å². The largest absolute Gasteiger partial charge is 0.484 e. The van der Waals surface area contributed by atoms with Gasteiger partial charge in [-0.1, -0.05) is 47.5 Å². The monoisotopic (exact) mass is 365 g/mol. The van der Waals surface area contributed by atoms with Crippen LogP contribution in [0.5, 0.6) is 5.75 Å². The van der Waals surface area contributed by atoms with Gasteiger partial charge < -0.3 is 10.1 Å². The van der Waals surface area contributed by atoms with Crippen molar-refractivity contribution in [1.82, 2.24) is 5.32 Å². The minimum Gasteiger partial charge on any atom is -0.484 e. The molecule has 0 unspecified atom stereocenters. The van der Waals surface area contributed by atoms with E-state index < -0.39 is 0 Å². The molecule has 0 aliphatic carbocycles. The van der Waals surface area contributed by atoms with E-state index in [0.29, 0.717) is 34.3 Å². The minimum atomic E-state index is -0.153. The number of nitrogens with one attached hydrogen (secondary N) is 1. The molecule has 0 aliphatic heterocycles. The van der Waals surface area contributed by atoms with E-state index in [1.165, 1.54) is 6.92 Å². The fourth-order valence-electron chi connectivity index (χ4n) is 2.05. The van der Waals surface area contributed by atoms with Gasteiger partial charge in [0.25, 0.3) is 0 Å². The second kappa shape index (κ2) is 8.71. The van der Waals surface area contributed by atoms with Crippen molar-refractivity contribution in [2.75, 3.05) is 13.2 Å². The number of carbonyl (C=O) groups excluding carboxylic acids is 2. The second-order valence-electron chi connectivity index (χ2n) is 5.22. The lowest BCUT2D eigenvalue weighted by Crippen LogP contribution is -2.22. The fourth-order valence-corrected chi connectivity index (χ4v) is 2.39. The Labute approximate surface area is 150 Å². The highest BCUT2D eigenvalue weighted by Gasteiger charge is 2.09. The van der Waals surface area contributed by atoms with Crippen LogP contribution < -0.4 is 10.1 Å². The Morgan fingerprint density at radius 3 is 2.46 bits per heavy atom. The molecule has 0 saturated heterocycles. The molecule has 1 N–H and O–H groups in total. The number of hydrogen-bond acceptors (Lipinski definition) is 3. The third-order valence-corrected chi connectivity index (χ3v) is 3.86. The molecule has 2 rings (SSSR count). The van der Waals surface area contributed by atoms with E-state index in [4.69, 9.17) is 27.9 Å². The fraction of sp³-hybridized carbons (Fsp3) is 0.222. The van der Waals surface area contributed by atoms with Crippen molar-refractivity contribution in [1.29, 1.82) is 0 Å². The van der Waals surface area contributed by atoms with E-state index in [-0.39, 0.29) is 18.3 Å². The summed E-state index contributed by atoms with van der Waals surface area (Å²) in [6.45, 7) is 1.93. The Morgan fingerprint density at radius 2 is 1.79 bits per heavy atom. The lowest BCUT2D eigenvalue weighted by molar-refractivity contribution is -0.118. The highest BCUT2D eigenvalue weighted by Crippen LogP contribution is 2.27. The second-order valence-corrected chi connectivity index (χ2v) is 6.06. The standard InChI is InChI=1S/C18H17Cl2NO3/c1-12(22)21-9-8-13-2-4-14(5-3-13)17(23)11-24-18-10-15(19)6-7-16(18)20/h2-7,10H,8-9,11H2,1H3,(H,21,22). The normalized spacial score (nSPS) is 10.3. The van der Waals surface area contributed by atoms with Gasteiger partial charge in [-0.25, -0.2) is 0 Å². The van der Waals surface area contributed by atoms with Gasteiger partial charge in [-0.2, -0.15) is 0 Å². The molecule has 0 fully saturated rings. The van der Waals surface area contributed by atoms with Crippen molar-refractivity contribution in [3.05, 3.63) is 63.6 Å². The van der Waals surface area contributed by atoms with Crippen LogP contribution in [0.2, 0.25) is 10.0 Å². The number of ether oxygens (including phenoxy) is 1. The summed E-state index contributed by atoms with van der Waals surface area (Å²) in [4.78, 5) is 23.0. The highest BCUT2D eigenvalue weighted by atomic mass is 35.5. The van der Waals surface area contributed by atoms with E-state index in [2.05, 4.69) is 5.32 Å². The van der Waals surface area contributed by atoms with Crippen LogP contribution >= 0.6 is 23.2 Å². The lowest BCUT2D eigenvalue weighted by Gasteiger charge is -2.08. The molecule has 4 nitrogen and oxygen atoms in total. The minimum absolute atomic E-state index is 0.0568. The summed E-state index contributed by atoms with van der Waals surface area (Å²) in [6, 6.07) is 12.1. The first-order valence-corrected chi connectivity index (χ1v) is 8.16. The first-order valence-electron chi connectivity index (χ1n) is 7.40. The summed E-state index contributed by atoms with van der Waals surface area (Å²) in [5.74, 6) is 0.169. The molecule has 0 aliphatic rings. The van der Waals surface area contributed by atoms with Gasteiger partial charge >= 0.3 is 0 Å². The summed E-state index contributed by atoms with van der Waals surface area (Å²) < 4.78 is 5.44. The third-order valence-electron chi connectivity index (χ3n) is 3.32. The number of halogens is 2. The lowest BCUT2D eigenvalue weighted by atomic mass is 10.1. The maximum absolute atomic E-state index is 12.2. The Bertz CT molecular complexity index is 730. The first-order chi connectivity index (χ1) is 11.5. The molecule has 0 aromatic heterocycles. The highest BCUT2D eigenvalue weighted by molar-refractivity contribution is 6.34. The van der Waals surface area contributed by atoms with Crippen LogP contribution in [0.1, 0.15) is 22.8 Å². The zero-order valence-electron chi connectivity index (χ0n) is 13.1. The summed E-state index contributed by atoms with van der Waals surface area (Å²) in [7, 11) is 0. The smallest absolute Gasteiger partial charge is 0.216 e. The van der Waals surface area contributed by atoms with Gasteiger partial charge in [0.1, 0.15) is 5.75 Å². The van der Waals surface area contributed by atoms with Crippen LogP contribution in [0.3, 0.4) is 0 Å². The average Bonchev–Trinajstić information content (AvgIpc) is 2.55. The SMILES string of the molecule is CC(=O)NCCc1ccc(C(=O)COc2cc(Cl)ccc2Cl)cc1. The van der Waals surface area contributed by atoms with Gasteiger partial charge in [0.05, 0.1) is 5.02 Å². The van der Waals surface area contributed by atoms with E-state index >= 15 is 0 Å². The maximum Gasteiger partial charge on any atom is 0.216 e. The Kier molecular flexibility index (Phi) is 6.64. The molecular formula is C18H17Cl2NO3. The predicted molar refractivity (Wildman–Crippen MR) is 95.1 cm³/mol. The quantitative estimate of drug-likeness (QED) is 0.756. The number of rotatable bonds is 7. The molecule has 0 atom stereocenters. The number of benzene rings is 2. The average molecular weight is 366 g/mol. The van der Waals surface area contributed by atoms with E-state index in [1.807, 2.05) is 12.1 Å². The van der Waals surface area contributed by atoms with Gasteiger partial charge in [-0.05, 0) is 24.1 Å². The summed E-state index contributed by atoms with van der Waals surface area (Å²) in [5, 5.41) is 3.62. The van der Waals surface area contributed by atoms with Gasteiger partial charge in [-0.3, -0.25) is 9.59 Å². The van der Waals surface area contributed by atoms with Crippen LogP contribution in [0.25, 0.3) is 0 Å². The number of amides is 1. The third kappa shape index (κ3) is 5.55.